The SMILES string of the molecule is ON=C(Cc1ccc(C(F)(F)F)cn1)c1cccc(F)c1. The maximum atomic E-state index is 13.1. The van der Waals surface area contributed by atoms with Crippen molar-refractivity contribution in [3.8, 4) is 0 Å². The Hall–Kier alpha value is -2.44. The molecule has 1 aromatic heterocycles. The van der Waals surface area contributed by atoms with Gasteiger partial charge in [-0.1, -0.05) is 17.3 Å². The topological polar surface area (TPSA) is 45.5 Å². The number of hydrogen-bond donors (Lipinski definition) is 1. The second-order valence-electron chi connectivity index (χ2n) is 4.27. The van der Waals surface area contributed by atoms with E-state index in [0.29, 0.717) is 11.8 Å². The van der Waals surface area contributed by atoms with Gasteiger partial charge >= 0.3 is 6.18 Å². The van der Waals surface area contributed by atoms with E-state index in [1.165, 1.54) is 30.3 Å². The first-order chi connectivity index (χ1) is 9.90. The quantitative estimate of drug-likeness (QED) is 0.407. The smallest absolute Gasteiger partial charge is 0.411 e. The highest BCUT2D eigenvalue weighted by molar-refractivity contribution is 6.01. The van der Waals surface area contributed by atoms with Crippen molar-refractivity contribution in [2.45, 2.75) is 12.6 Å². The Morgan fingerprint density at radius 1 is 1.19 bits per heavy atom. The van der Waals surface area contributed by atoms with Crippen LogP contribution in [0.5, 0.6) is 0 Å². The van der Waals surface area contributed by atoms with Crippen LogP contribution in [0.1, 0.15) is 16.8 Å². The molecular formula is C14H10F4N2O. The number of halogens is 4. The minimum Gasteiger partial charge on any atom is -0.411 e. The van der Waals surface area contributed by atoms with Crippen LogP contribution in [0.25, 0.3) is 0 Å². The molecule has 0 radical (unpaired) electrons. The number of aromatic nitrogens is 1. The van der Waals surface area contributed by atoms with E-state index in [1.54, 1.807) is 0 Å². The maximum absolute atomic E-state index is 13.1. The van der Waals surface area contributed by atoms with Crippen LogP contribution >= 0.6 is 0 Å². The fourth-order valence-corrected chi connectivity index (χ4v) is 1.73. The first-order valence-electron chi connectivity index (χ1n) is 5.89. The average Bonchev–Trinajstić information content (AvgIpc) is 2.44. The Morgan fingerprint density at radius 3 is 2.48 bits per heavy atom. The summed E-state index contributed by atoms with van der Waals surface area (Å²) in [6.45, 7) is 0. The molecule has 0 atom stereocenters. The predicted molar refractivity (Wildman–Crippen MR) is 67.7 cm³/mol. The molecule has 7 heteroatoms. The van der Waals surface area contributed by atoms with Gasteiger partial charge < -0.3 is 5.21 Å². The predicted octanol–water partition coefficient (Wildman–Crippen LogP) is 3.66. The number of oxime groups is 1. The number of nitrogens with zero attached hydrogens (tertiary/aromatic N) is 2. The minimum atomic E-state index is -4.46. The molecule has 0 unspecified atom stereocenters. The second kappa shape index (κ2) is 5.90. The maximum Gasteiger partial charge on any atom is 0.417 e. The lowest BCUT2D eigenvalue weighted by Crippen LogP contribution is -2.09. The minimum absolute atomic E-state index is 0.0158. The molecule has 1 heterocycles. The fraction of sp³-hybridized carbons (Fsp3) is 0.143. The lowest BCUT2D eigenvalue weighted by molar-refractivity contribution is -0.137. The summed E-state index contributed by atoms with van der Waals surface area (Å²) in [5.74, 6) is -0.506. The summed E-state index contributed by atoms with van der Waals surface area (Å²) in [6, 6.07) is 7.45. The van der Waals surface area contributed by atoms with Crippen molar-refractivity contribution in [2.24, 2.45) is 5.16 Å². The van der Waals surface area contributed by atoms with Crippen LogP contribution < -0.4 is 0 Å². The van der Waals surface area contributed by atoms with Gasteiger partial charge in [0.25, 0.3) is 0 Å². The van der Waals surface area contributed by atoms with Crippen LogP contribution in [0.4, 0.5) is 17.6 Å². The number of hydrogen-bond acceptors (Lipinski definition) is 3. The van der Waals surface area contributed by atoms with Crippen LogP contribution in [-0.4, -0.2) is 15.9 Å². The standard InChI is InChI=1S/C14H10F4N2O/c15-11-3-1-2-9(6-11)13(20-21)7-12-5-4-10(8-19-12)14(16,17)18/h1-6,8,21H,7H2. The van der Waals surface area contributed by atoms with E-state index in [9.17, 15) is 17.6 Å². The second-order valence-corrected chi connectivity index (χ2v) is 4.27. The summed E-state index contributed by atoms with van der Waals surface area (Å²) >= 11 is 0. The molecule has 1 aromatic carbocycles. The van der Waals surface area contributed by atoms with Gasteiger partial charge in [0, 0.05) is 23.9 Å². The highest BCUT2D eigenvalue weighted by atomic mass is 19.4. The molecule has 0 spiro atoms. The van der Waals surface area contributed by atoms with Gasteiger partial charge in [-0.15, -0.1) is 0 Å². The van der Waals surface area contributed by atoms with Crippen LogP contribution in [-0.2, 0) is 12.6 Å². The van der Waals surface area contributed by atoms with Crippen LogP contribution in [0, 0.1) is 5.82 Å². The molecular weight excluding hydrogens is 288 g/mol. The zero-order chi connectivity index (χ0) is 15.5. The number of rotatable bonds is 3. The highest BCUT2D eigenvalue weighted by Gasteiger charge is 2.30. The molecule has 1 N–H and O–H groups in total. The van der Waals surface area contributed by atoms with Gasteiger partial charge in [0.15, 0.2) is 0 Å². The van der Waals surface area contributed by atoms with Crippen LogP contribution in [0.15, 0.2) is 47.8 Å². The van der Waals surface area contributed by atoms with Crippen LogP contribution in [0.2, 0.25) is 0 Å². The molecule has 2 aromatic rings. The summed E-state index contributed by atoms with van der Waals surface area (Å²) in [5, 5.41) is 12.0. The Balaban J connectivity index is 2.20. The van der Waals surface area contributed by atoms with Gasteiger partial charge in [-0.05, 0) is 24.3 Å². The van der Waals surface area contributed by atoms with Crippen molar-refractivity contribution < 1.29 is 22.8 Å². The Morgan fingerprint density at radius 2 is 1.95 bits per heavy atom. The van der Waals surface area contributed by atoms with Crippen LogP contribution in [0.3, 0.4) is 0 Å². The number of benzene rings is 1. The third kappa shape index (κ3) is 3.77. The number of alkyl halides is 3. The molecule has 0 amide bonds. The molecule has 21 heavy (non-hydrogen) atoms. The molecule has 0 aliphatic rings. The summed E-state index contributed by atoms with van der Waals surface area (Å²) in [6.07, 6.45) is -3.77. The first-order valence-corrected chi connectivity index (χ1v) is 5.89. The van der Waals surface area contributed by atoms with Crippen molar-refractivity contribution in [3.63, 3.8) is 0 Å². The lowest BCUT2D eigenvalue weighted by atomic mass is 10.0. The Labute approximate surface area is 117 Å². The Bertz CT molecular complexity index is 651. The third-order valence-electron chi connectivity index (χ3n) is 2.78. The molecule has 0 saturated heterocycles. The van der Waals surface area contributed by atoms with E-state index in [2.05, 4.69) is 10.1 Å². The van der Waals surface area contributed by atoms with Crippen molar-refractivity contribution in [3.05, 3.63) is 65.2 Å². The molecule has 110 valence electrons. The van der Waals surface area contributed by atoms with Gasteiger partial charge in [0.05, 0.1) is 11.3 Å². The first kappa shape index (κ1) is 15.0. The summed E-state index contributed by atoms with van der Waals surface area (Å²) < 4.78 is 50.3. The lowest BCUT2D eigenvalue weighted by Gasteiger charge is -2.08. The molecule has 0 fully saturated rings. The van der Waals surface area contributed by atoms with E-state index >= 15 is 0 Å². The monoisotopic (exact) mass is 298 g/mol. The molecule has 0 aliphatic heterocycles. The van der Waals surface area contributed by atoms with Gasteiger partial charge in [0.1, 0.15) is 5.82 Å². The van der Waals surface area contributed by atoms with Crippen molar-refractivity contribution in [2.75, 3.05) is 0 Å². The molecule has 0 bridgehead atoms. The molecule has 0 aliphatic carbocycles. The van der Waals surface area contributed by atoms with E-state index < -0.39 is 17.6 Å². The van der Waals surface area contributed by atoms with Gasteiger partial charge in [0.2, 0.25) is 0 Å². The zero-order valence-electron chi connectivity index (χ0n) is 10.6. The Kier molecular flexibility index (Phi) is 4.21. The molecule has 2 rings (SSSR count). The van der Waals surface area contributed by atoms with Crippen molar-refractivity contribution in [1.82, 2.24) is 4.98 Å². The van der Waals surface area contributed by atoms with Gasteiger partial charge in [-0.3, -0.25) is 4.98 Å². The fourth-order valence-electron chi connectivity index (χ4n) is 1.73. The van der Waals surface area contributed by atoms with Crippen molar-refractivity contribution in [1.29, 1.82) is 0 Å². The average molecular weight is 298 g/mol. The largest absolute Gasteiger partial charge is 0.417 e. The summed E-state index contributed by atoms with van der Waals surface area (Å²) in [7, 11) is 0. The summed E-state index contributed by atoms with van der Waals surface area (Å²) in [5.41, 5.74) is -0.138. The van der Waals surface area contributed by atoms with E-state index in [0.717, 1.165) is 6.07 Å². The number of pyridine rings is 1. The van der Waals surface area contributed by atoms with E-state index in [1.807, 2.05) is 0 Å². The van der Waals surface area contributed by atoms with E-state index in [4.69, 9.17) is 5.21 Å². The summed E-state index contributed by atoms with van der Waals surface area (Å²) in [4.78, 5) is 3.68. The molecule has 0 saturated carbocycles. The highest BCUT2D eigenvalue weighted by Crippen LogP contribution is 2.28. The molecule has 3 nitrogen and oxygen atoms in total. The van der Waals surface area contributed by atoms with Gasteiger partial charge in [-0.2, -0.15) is 13.2 Å². The van der Waals surface area contributed by atoms with Crippen molar-refractivity contribution >= 4 is 5.71 Å². The normalized spacial score (nSPS) is 12.5. The van der Waals surface area contributed by atoms with Gasteiger partial charge in [-0.25, -0.2) is 4.39 Å². The zero-order valence-corrected chi connectivity index (χ0v) is 10.6. The third-order valence-corrected chi connectivity index (χ3v) is 2.78. The van der Waals surface area contributed by atoms with E-state index in [-0.39, 0.29) is 17.8 Å².